The molecule has 0 aliphatic rings. The Hall–Kier alpha value is -1.10. The molecule has 4 N–H and O–H groups in total. The molecule has 1 aromatic rings. The number of nitrogens with zero attached hydrogens (tertiary/aromatic N) is 1. The number of hydrogen-bond acceptors (Lipinski definition) is 4. The summed E-state index contributed by atoms with van der Waals surface area (Å²) in [5.41, 5.74) is 7.19. The second kappa shape index (κ2) is 7.27. The lowest BCUT2D eigenvalue weighted by atomic mass is 10.1. The molecule has 0 heterocycles. The van der Waals surface area contributed by atoms with E-state index < -0.39 is 6.10 Å². The standard InChI is InChI=1S/C13H22N2O2/c1-2-15(7-4-8-16)10-13(17)11-5-3-6-12(14)9-11/h3,5-6,9,13,16-17H,2,4,7-8,10,14H2,1H3. The first-order chi connectivity index (χ1) is 8.17. The Kier molecular flexibility index (Phi) is 5.97. The van der Waals surface area contributed by atoms with Gasteiger partial charge in [0.2, 0.25) is 0 Å². The molecular weight excluding hydrogens is 216 g/mol. The SMILES string of the molecule is CCN(CCCO)CC(O)c1cccc(N)c1. The van der Waals surface area contributed by atoms with Crippen LogP contribution in [0.1, 0.15) is 25.0 Å². The Morgan fingerprint density at radius 2 is 2.18 bits per heavy atom. The van der Waals surface area contributed by atoms with E-state index in [0.29, 0.717) is 12.2 Å². The molecule has 0 radical (unpaired) electrons. The zero-order chi connectivity index (χ0) is 12.7. The maximum atomic E-state index is 10.1. The number of rotatable bonds is 7. The van der Waals surface area contributed by atoms with Crippen LogP contribution in [0.3, 0.4) is 0 Å². The largest absolute Gasteiger partial charge is 0.399 e. The molecule has 4 heteroatoms. The third-order valence-corrected chi connectivity index (χ3v) is 2.81. The number of benzene rings is 1. The minimum absolute atomic E-state index is 0.185. The van der Waals surface area contributed by atoms with E-state index in [1.54, 1.807) is 12.1 Å². The molecule has 1 aromatic carbocycles. The van der Waals surface area contributed by atoms with E-state index in [1.807, 2.05) is 19.1 Å². The third-order valence-electron chi connectivity index (χ3n) is 2.81. The normalized spacial score (nSPS) is 12.9. The van der Waals surface area contributed by atoms with Crippen LogP contribution in [0.15, 0.2) is 24.3 Å². The van der Waals surface area contributed by atoms with Gasteiger partial charge in [0, 0.05) is 25.4 Å². The zero-order valence-corrected chi connectivity index (χ0v) is 10.3. The molecular formula is C13H22N2O2. The second-order valence-electron chi connectivity index (χ2n) is 4.16. The molecule has 1 rings (SSSR count). The summed E-state index contributed by atoms with van der Waals surface area (Å²) in [6, 6.07) is 7.32. The van der Waals surface area contributed by atoms with E-state index in [1.165, 1.54) is 0 Å². The van der Waals surface area contributed by atoms with E-state index >= 15 is 0 Å². The van der Waals surface area contributed by atoms with Gasteiger partial charge in [-0.05, 0) is 30.7 Å². The van der Waals surface area contributed by atoms with E-state index in [-0.39, 0.29) is 6.61 Å². The Morgan fingerprint density at radius 1 is 1.41 bits per heavy atom. The summed E-state index contributed by atoms with van der Waals surface area (Å²) in [7, 11) is 0. The van der Waals surface area contributed by atoms with Gasteiger partial charge in [0.25, 0.3) is 0 Å². The van der Waals surface area contributed by atoms with Gasteiger partial charge in [-0.2, -0.15) is 0 Å². The zero-order valence-electron chi connectivity index (χ0n) is 10.3. The van der Waals surface area contributed by atoms with Crippen molar-refractivity contribution in [1.29, 1.82) is 0 Å². The van der Waals surface area contributed by atoms with Crippen molar-refractivity contribution in [3.05, 3.63) is 29.8 Å². The first-order valence-corrected chi connectivity index (χ1v) is 6.04. The number of anilines is 1. The van der Waals surface area contributed by atoms with Gasteiger partial charge in [-0.25, -0.2) is 0 Å². The van der Waals surface area contributed by atoms with Crippen molar-refractivity contribution in [2.45, 2.75) is 19.4 Å². The summed E-state index contributed by atoms with van der Waals surface area (Å²) in [4.78, 5) is 2.12. The van der Waals surface area contributed by atoms with Crippen LogP contribution in [-0.4, -0.2) is 41.4 Å². The van der Waals surface area contributed by atoms with Crippen molar-refractivity contribution in [2.75, 3.05) is 32.0 Å². The highest BCUT2D eigenvalue weighted by molar-refractivity contribution is 5.41. The monoisotopic (exact) mass is 238 g/mol. The predicted octanol–water partition coefficient (Wildman–Crippen LogP) is 1.01. The van der Waals surface area contributed by atoms with Crippen LogP contribution in [0.5, 0.6) is 0 Å². The molecule has 0 amide bonds. The number of likely N-dealkylation sites (N-methyl/N-ethyl adjacent to an activating group) is 1. The number of hydrogen-bond donors (Lipinski definition) is 3. The lowest BCUT2D eigenvalue weighted by molar-refractivity contribution is 0.111. The maximum Gasteiger partial charge on any atom is 0.0917 e. The fourth-order valence-electron chi connectivity index (χ4n) is 1.79. The van der Waals surface area contributed by atoms with Gasteiger partial charge in [-0.1, -0.05) is 19.1 Å². The molecule has 1 unspecified atom stereocenters. The van der Waals surface area contributed by atoms with Gasteiger partial charge in [-0.15, -0.1) is 0 Å². The molecule has 0 bridgehead atoms. The first kappa shape index (κ1) is 14.0. The minimum Gasteiger partial charge on any atom is -0.399 e. The smallest absolute Gasteiger partial charge is 0.0917 e. The van der Waals surface area contributed by atoms with Gasteiger partial charge < -0.3 is 20.8 Å². The van der Waals surface area contributed by atoms with Crippen LogP contribution in [0.25, 0.3) is 0 Å². The topological polar surface area (TPSA) is 69.7 Å². The maximum absolute atomic E-state index is 10.1. The fourth-order valence-corrected chi connectivity index (χ4v) is 1.79. The van der Waals surface area contributed by atoms with Crippen molar-refractivity contribution in [2.24, 2.45) is 0 Å². The van der Waals surface area contributed by atoms with Crippen LogP contribution in [0.4, 0.5) is 5.69 Å². The summed E-state index contributed by atoms with van der Waals surface area (Å²) >= 11 is 0. The molecule has 0 spiro atoms. The van der Waals surface area contributed by atoms with E-state index in [0.717, 1.165) is 25.1 Å². The summed E-state index contributed by atoms with van der Waals surface area (Å²) < 4.78 is 0. The molecule has 0 saturated carbocycles. The fraction of sp³-hybridized carbons (Fsp3) is 0.538. The first-order valence-electron chi connectivity index (χ1n) is 6.04. The Balaban J connectivity index is 2.54. The van der Waals surface area contributed by atoms with Gasteiger partial charge in [0.1, 0.15) is 0 Å². The predicted molar refractivity (Wildman–Crippen MR) is 69.6 cm³/mol. The lowest BCUT2D eigenvalue weighted by Crippen LogP contribution is -2.30. The molecule has 0 aliphatic heterocycles. The minimum atomic E-state index is -0.530. The number of aliphatic hydroxyl groups excluding tert-OH is 2. The molecule has 0 saturated heterocycles. The highest BCUT2D eigenvalue weighted by Crippen LogP contribution is 2.16. The van der Waals surface area contributed by atoms with Gasteiger partial charge >= 0.3 is 0 Å². The van der Waals surface area contributed by atoms with Crippen LogP contribution in [0.2, 0.25) is 0 Å². The molecule has 0 aromatic heterocycles. The average molecular weight is 238 g/mol. The quantitative estimate of drug-likeness (QED) is 0.620. The second-order valence-corrected chi connectivity index (χ2v) is 4.16. The van der Waals surface area contributed by atoms with E-state index in [2.05, 4.69) is 4.90 Å². The highest BCUT2D eigenvalue weighted by atomic mass is 16.3. The number of aliphatic hydroxyl groups is 2. The van der Waals surface area contributed by atoms with Crippen molar-refractivity contribution in [3.8, 4) is 0 Å². The van der Waals surface area contributed by atoms with Crippen LogP contribution < -0.4 is 5.73 Å². The van der Waals surface area contributed by atoms with Crippen molar-refractivity contribution >= 4 is 5.69 Å². The van der Waals surface area contributed by atoms with Crippen molar-refractivity contribution in [3.63, 3.8) is 0 Å². The average Bonchev–Trinajstić information content (AvgIpc) is 2.34. The molecule has 0 fully saturated rings. The molecule has 1 atom stereocenters. The van der Waals surface area contributed by atoms with Crippen LogP contribution in [0, 0.1) is 0 Å². The highest BCUT2D eigenvalue weighted by Gasteiger charge is 2.12. The molecule has 96 valence electrons. The van der Waals surface area contributed by atoms with Crippen molar-refractivity contribution in [1.82, 2.24) is 4.90 Å². The van der Waals surface area contributed by atoms with Gasteiger partial charge in [0.15, 0.2) is 0 Å². The van der Waals surface area contributed by atoms with Gasteiger partial charge in [0.05, 0.1) is 6.10 Å². The third kappa shape index (κ3) is 4.73. The molecule has 4 nitrogen and oxygen atoms in total. The Morgan fingerprint density at radius 3 is 2.76 bits per heavy atom. The summed E-state index contributed by atoms with van der Waals surface area (Å²) in [5, 5.41) is 18.9. The van der Waals surface area contributed by atoms with Crippen molar-refractivity contribution < 1.29 is 10.2 Å². The molecule has 17 heavy (non-hydrogen) atoms. The lowest BCUT2D eigenvalue weighted by Gasteiger charge is -2.23. The summed E-state index contributed by atoms with van der Waals surface area (Å²) in [5.74, 6) is 0. The molecule has 0 aliphatic carbocycles. The van der Waals surface area contributed by atoms with Gasteiger partial charge in [-0.3, -0.25) is 0 Å². The summed E-state index contributed by atoms with van der Waals surface area (Å²) in [6.45, 7) is 4.46. The Labute approximate surface area is 103 Å². The van der Waals surface area contributed by atoms with Crippen LogP contribution >= 0.6 is 0 Å². The number of nitrogen functional groups attached to an aromatic ring is 1. The van der Waals surface area contributed by atoms with Crippen LogP contribution in [-0.2, 0) is 0 Å². The summed E-state index contributed by atoms with van der Waals surface area (Å²) in [6.07, 6.45) is 0.203. The van der Waals surface area contributed by atoms with E-state index in [9.17, 15) is 5.11 Å². The van der Waals surface area contributed by atoms with E-state index in [4.69, 9.17) is 10.8 Å². The Bertz CT molecular complexity index is 331. The number of nitrogens with two attached hydrogens (primary N) is 1.